The number of hydrogen-bond acceptors (Lipinski definition) is 11. The Labute approximate surface area is 302 Å². The summed E-state index contributed by atoms with van der Waals surface area (Å²) >= 11 is 0. The van der Waals surface area contributed by atoms with Crippen molar-refractivity contribution < 1.29 is 47.4 Å². The summed E-state index contributed by atoms with van der Waals surface area (Å²) in [5.74, 6) is -0.367. The second-order valence-electron chi connectivity index (χ2n) is 17.2. The zero-order chi connectivity index (χ0) is 35.0. The molecule has 11 heteroatoms. The van der Waals surface area contributed by atoms with E-state index in [0.29, 0.717) is 44.6 Å². The Morgan fingerprint density at radius 2 is 1.53 bits per heavy atom. The number of carbonyl (C=O) groups is 1. The van der Waals surface area contributed by atoms with Crippen molar-refractivity contribution in [3.8, 4) is 0 Å². The minimum absolute atomic E-state index is 0.0107. The van der Waals surface area contributed by atoms with Gasteiger partial charge >= 0.3 is 0 Å². The van der Waals surface area contributed by atoms with Gasteiger partial charge in [-0.15, -0.1) is 0 Å². The fourth-order valence-corrected chi connectivity index (χ4v) is 11.3. The van der Waals surface area contributed by atoms with E-state index in [1.165, 1.54) is 0 Å². The fraction of sp³-hybridized carbons (Fsp3) is 0.875. The summed E-state index contributed by atoms with van der Waals surface area (Å²) in [4.78, 5) is 14.0. The van der Waals surface area contributed by atoms with E-state index in [9.17, 15) is 4.79 Å². The number of ketones is 1. The van der Waals surface area contributed by atoms with Crippen LogP contribution in [0.2, 0.25) is 0 Å². The molecule has 18 atom stereocenters. The Kier molecular flexibility index (Phi) is 9.81. The molecule has 0 aliphatic carbocycles. The van der Waals surface area contributed by atoms with Gasteiger partial charge in [0.1, 0.15) is 36.3 Å². The molecule has 10 fully saturated rings. The Morgan fingerprint density at radius 1 is 0.765 bits per heavy atom. The minimum atomic E-state index is -0.760. The van der Waals surface area contributed by atoms with Gasteiger partial charge in [0.05, 0.1) is 61.0 Å². The average Bonchev–Trinajstić information content (AvgIpc) is 3.79. The largest absolute Gasteiger partial charge is 0.378 e. The van der Waals surface area contributed by atoms with Crippen LogP contribution in [-0.4, -0.2) is 117 Å². The van der Waals surface area contributed by atoms with Gasteiger partial charge in [0.15, 0.2) is 5.79 Å². The molecule has 10 heterocycles. The molecule has 0 aromatic heterocycles. The van der Waals surface area contributed by atoms with Crippen LogP contribution >= 0.6 is 0 Å². The lowest BCUT2D eigenvalue weighted by molar-refractivity contribution is -0.292. The lowest BCUT2D eigenvalue weighted by Crippen LogP contribution is -2.61. The standard InChI is InChI=1S/C40H59NO10/c1-20-14-24-7-9-28-21(2)15-26(44-28)11-12-40-19-33-36(50-40)37-38(49-33)39(51-40)35-30(48-37)10-8-25(46-35)16-23(42)17-27-32(18-31(45-24)22(20)3)47-29(6-5-13-41)34(27)43-4/h20,24-39H,2-3,5-19,41H2,1,4H3/t20?,24?,25?,26?,27?,28?,29-,30?,31?,32?,33?,34-,35+,36?,37+,38?,39?,40+/m1/s1. The molecule has 51 heavy (non-hydrogen) atoms. The number of fused-ring (bicyclic) bond motifs is 6. The fourth-order valence-electron chi connectivity index (χ4n) is 11.3. The van der Waals surface area contributed by atoms with Crippen LogP contribution in [0.5, 0.6) is 0 Å². The third-order valence-electron chi connectivity index (χ3n) is 13.9. The Bertz CT molecular complexity index is 1340. The van der Waals surface area contributed by atoms with Gasteiger partial charge in [0.25, 0.3) is 0 Å². The Hall–Kier alpha value is -1.25. The highest BCUT2D eigenvalue weighted by Crippen LogP contribution is 2.54. The summed E-state index contributed by atoms with van der Waals surface area (Å²) in [5, 5.41) is 0. The first kappa shape index (κ1) is 35.5. The lowest BCUT2D eigenvalue weighted by atomic mass is 9.81. The van der Waals surface area contributed by atoms with Crippen molar-refractivity contribution in [3.05, 3.63) is 24.3 Å². The van der Waals surface area contributed by atoms with E-state index in [2.05, 4.69) is 20.1 Å². The molecule has 13 unspecified atom stereocenters. The van der Waals surface area contributed by atoms with Gasteiger partial charge in [-0.25, -0.2) is 0 Å². The van der Waals surface area contributed by atoms with Gasteiger partial charge in [-0.1, -0.05) is 20.1 Å². The SMILES string of the molecule is C=C1CC2CC[C@@]34CC5OC6C(O3)[C@H]3OC(CCC3O[C@H]6C5O4)CC(=O)CC3C(CC4OC(CCC1O2)CC(C)C4=C)O[C@H](CCCN)[C@@H]3OC. The maximum Gasteiger partial charge on any atom is 0.172 e. The molecule has 0 aromatic carbocycles. The van der Waals surface area contributed by atoms with E-state index in [1.807, 2.05) is 0 Å². The van der Waals surface area contributed by atoms with Crippen molar-refractivity contribution in [1.82, 2.24) is 0 Å². The molecule has 284 valence electrons. The summed E-state index contributed by atoms with van der Waals surface area (Å²) in [6, 6.07) is 0. The second kappa shape index (κ2) is 14.1. The van der Waals surface area contributed by atoms with Crippen LogP contribution in [-0.2, 0) is 47.4 Å². The highest BCUT2D eigenvalue weighted by atomic mass is 16.8. The monoisotopic (exact) mass is 713 g/mol. The van der Waals surface area contributed by atoms with E-state index in [4.69, 9.17) is 48.4 Å². The molecule has 10 saturated heterocycles. The number of hydrogen-bond donors (Lipinski definition) is 1. The first-order chi connectivity index (χ1) is 24.7. The highest BCUT2D eigenvalue weighted by molar-refractivity contribution is 5.79. The topological polar surface area (TPSA) is 126 Å². The number of ether oxygens (including phenoxy) is 9. The zero-order valence-corrected chi connectivity index (χ0v) is 30.5. The number of nitrogens with two attached hydrogens (primary N) is 1. The minimum Gasteiger partial charge on any atom is -0.378 e. The molecular formula is C40H59NO10. The summed E-state index contributed by atoms with van der Waals surface area (Å²) in [6.07, 6.45) is 8.28. The first-order valence-electron chi connectivity index (χ1n) is 20.1. The molecule has 0 saturated carbocycles. The molecule has 10 aliphatic heterocycles. The average molecular weight is 714 g/mol. The summed E-state index contributed by atoms with van der Waals surface area (Å²) in [6.45, 7) is 11.8. The number of Topliss-reactive ketones (excluding diaryl/α,β-unsaturated/α-hetero) is 1. The maximum absolute atomic E-state index is 14.0. The van der Waals surface area contributed by atoms with Gasteiger partial charge in [-0.3, -0.25) is 4.79 Å². The number of methoxy groups -OCH3 is 1. The molecule has 0 radical (unpaired) electrons. The van der Waals surface area contributed by atoms with E-state index in [-0.39, 0.29) is 103 Å². The van der Waals surface area contributed by atoms with E-state index < -0.39 is 5.79 Å². The molecule has 0 aromatic rings. The van der Waals surface area contributed by atoms with Crippen LogP contribution in [0.4, 0.5) is 0 Å². The third-order valence-corrected chi connectivity index (χ3v) is 13.9. The Morgan fingerprint density at radius 3 is 2.37 bits per heavy atom. The van der Waals surface area contributed by atoms with Crippen molar-refractivity contribution in [2.75, 3.05) is 13.7 Å². The van der Waals surface area contributed by atoms with E-state index in [1.54, 1.807) is 7.11 Å². The van der Waals surface area contributed by atoms with Crippen LogP contribution in [0.1, 0.15) is 96.8 Å². The van der Waals surface area contributed by atoms with E-state index >= 15 is 0 Å². The lowest BCUT2D eigenvalue weighted by Gasteiger charge is -2.47. The van der Waals surface area contributed by atoms with Crippen LogP contribution in [0.3, 0.4) is 0 Å². The van der Waals surface area contributed by atoms with Crippen LogP contribution < -0.4 is 5.73 Å². The van der Waals surface area contributed by atoms with Gasteiger partial charge in [-0.05, 0) is 81.4 Å². The number of rotatable bonds is 4. The van der Waals surface area contributed by atoms with Crippen LogP contribution in [0, 0.1) is 11.8 Å². The van der Waals surface area contributed by atoms with Gasteiger partial charge in [-0.2, -0.15) is 0 Å². The van der Waals surface area contributed by atoms with Crippen molar-refractivity contribution >= 4 is 5.78 Å². The van der Waals surface area contributed by atoms with Crippen molar-refractivity contribution in [3.63, 3.8) is 0 Å². The molecule has 12 bridgehead atoms. The zero-order valence-electron chi connectivity index (χ0n) is 30.5. The van der Waals surface area contributed by atoms with Gasteiger partial charge < -0.3 is 48.4 Å². The second-order valence-corrected chi connectivity index (χ2v) is 17.2. The maximum atomic E-state index is 14.0. The third kappa shape index (κ3) is 6.53. The predicted octanol–water partition coefficient (Wildman–Crippen LogP) is 4.47. The van der Waals surface area contributed by atoms with Crippen molar-refractivity contribution in [1.29, 1.82) is 0 Å². The van der Waals surface area contributed by atoms with Crippen LogP contribution in [0.15, 0.2) is 24.3 Å². The quantitative estimate of drug-likeness (QED) is 0.415. The summed E-state index contributed by atoms with van der Waals surface area (Å²) < 4.78 is 60.3. The predicted molar refractivity (Wildman–Crippen MR) is 185 cm³/mol. The van der Waals surface area contributed by atoms with Crippen LogP contribution in [0.25, 0.3) is 0 Å². The highest BCUT2D eigenvalue weighted by Gasteiger charge is 2.68. The molecule has 1 spiro atoms. The van der Waals surface area contributed by atoms with Crippen molar-refractivity contribution in [2.45, 2.75) is 194 Å². The van der Waals surface area contributed by atoms with Crippen molar-refractivity contribution in [2.24, 2.45) is 17.6 Å². The summed E-state index contributed by atoms with van der Waals surface area (Å²) in [5.41, 5.74) is 8.19. The van der Waals surface area contributed by atoms with Gasteiger partial charge in [0, 0.05) is 45.1 Å². The molecular weight excluding hydrogens is 654 g/mol. The molecule has 11 nitrogen and oxygen atoms in total. The normalized spacial score (nSPS) is 52.5. The molecule has 10 rings (SSSR count). The smallest absolute Gasteiger partial charge is 0.172 e. The number of carbonyl (C=O) groups excluding carboxylic acids is 1. The molecule has 0 amide bonds. The molecule has 10 aliphatic rings. The first-order valence-corrected chi connectivity index (χ1v) is 20.1. The van der Waals surface area contributed by atoms with E-state index in [0.717, 1.165) is 68.9 Å². The van der Waals surface area contributed by atoms with Gasteiger partial charge in [0.2, 0.25) is 0 Å². The Balaban J connectivity index is 0.991. The molecule has 2 N–H and O–H groups in total. The summed E-state index contributed by atoms with van der Waals surface area (Å²) in [7, 11) is 1.74.